The highest BCUT2D eigenvalue weighted by Gasteiger charge is 2.68. The molecule has 5 rings (SSSR count). The van der Waals surface area contributed by atoms with Crippen molar-refractivity contribution < 1.29 is 23.5 Å². The first-order chi connectivity index (χ1) is 14.2. The lowest BCUT2D eigenvalue weighted by atomic mass is 9.44. The Morgan fingerprint density at radius 2 is 1.93 bits per heavy atom. The summed E-state index contributed by atoms with van der Waals surface area (Å²) in [6.45, 7) is 6.87. The molecule has 0 bridgehead atoms. The Balaban J connectivity index is 1.39. The summed E-state index contributed by atoms with van der Waals surface area (Å²) in [6.07, 6.45) is 6.39. The number of halogens is 1. The Morgan fingerprint density at radius 3 is 2.67 bits per heavy atom. The van der Waals surface area contributed by atoms with Gasteiger partial charge in [-0.15, -0.1) is 0 Å². The van der Waals surface area contributed by atoms with E-state index in [4.69, 9.17) is 9.47 Å². The number of Topliss-reactive ketones (excluding diaryl/α,β-unsaturated/α-hetero) is 1. The number of ketones is 1. The molecule has 4 saturated carbocycles. The summed E-state index contributed by atoms with van der Waals surface area (Å²) >= 11 is 0. The van der Waals surface area contributed by atoms with Crippen molar-refractivity contribution in [2.24, 2.45) is 46.3 Å². The minimum atomic E-state index is -1.31. The van der Waals surface area contributed by atoms with Crippen molar-refractivity contribution >= 4 is 11.8 Å². The van der Waals surface area contributed by atoms with Gasteiger partial charge in [0.2, 0.25) is 0 Å². The van der Waals surface area contributed by atoms with E-state index < -0.39 is 6.17 Å². The molecule has 4 nitrogen and oxygen atoms in total. The number of hydrogen-bond acceptors (Lipinski definition) is 4. The number of hydrogen-bond donors (Lipinski definition) is 0. The van der Waals surface area contributed by atoms with Crippen molar-refractivity contribution in [1.82, 2.24) is 0 Å². The van der Waals surface area contributed by atoms with Gasteiger partial charge in [0.25, 0.3) is 0 Å². The number of epoxide rings is 1. The molecule has 0 aromatic carbocycles. The molecule has 1 aliphatic heterocycles. The number of methoxy groups -OCH3 is 1. The maximum absolute atomic E-state index is 15.8. The van der Waals surface area contributed by atoms with Gasteiger partial charge in [-0.2, -0.15) is 0 Å². The lowest BCUT2D eigenvalue weighted by Crippen LogP contribution is -2.61. The molecule has 0 radical (unpaired) electrons. The SMILES string of the molecule is COC(=O)CC[C@@H](C)[C@H]1CC[C@H]2[C@@H]3[C@H](F)C(=O)[C@H]4C[C@@H]5O[C@@H]5C[C@]4(C)[C@H]3CC[C@]12C. The standard InChI is InChI=1S/C25H37FO4/c1-13(5-8-20(27)29-4)14-6-7-15-21-16(9-10-24(14,15)2)25(3)12-19-18(30-19)11-17(25)23(28)22(21)26/h13-19,21-22H,5-12H2,1-4H3/t13-,14-,15+,16+,17-,18+,19-,21+,22+,24-,25-/m1/s1. The van der Waals surface area contributed by atoms with Crippen molar-refractivity contribution in [3.63, 3.8) is 0 Å². The number of alkyl halides is 1. The first-order valence-corrected chi connectivity index (χ1v) is 12.1. The second-order valence-electron chi connectivity index (χ2n) is 11.6. The van der Waals surface area contributed by atoms with Crippen LogP contribution in [0.5, 0.6) is 0 Å². The molecule has 0 unspecified atom stereocenters. The second-order valence-corrected chi connectivity index (χ2v) is 11.6. The summed E-state index contributed by atoms with van der Waals surface area (Å²) in [7, 11) is 1.44. The quantitative estimate of drug-likeness (QED) is 0.487. The number of carbonyl (C=O) groups excluding carboxylic acids is 2. The summed E-state index contributed by atoms with van der Waals surface area (Å²) in [4.78, 5) is 24.9. The van der Waals surface area contributed by atoms with Crippen LogP contribution in [0.3, 0.4) is 0 Å². The van der Waals surface area contributed by atoms with Crippen LogP contribution in [-0.2, 0) is 19.1 Å². The van der Waals surface area contributed by atoms with E-state index >= 15 is 4.39 Å². The summed E-state index contributed by atoms with van der Waals surface area (Å²) in [5.74, 6) is 0.903. The first kappa shape index (κ1) is 20.9. The van der Waals surface area contributed by atoms with E-state index in [1.54, 1.807) is 0 Å². The van der Waals surface area contributed by atoms with Crippen LogP contribution >= 0.6 is 0 Å². The number of ether oxygens (including phenoxy) is 2. The van der Waals surface area contributed by atoms with Crippen LogP contribution in [0.25, 0.3) is 0 Å². The van der Waals surface area contributed by atoms with Crippen molar-refractivity contribution in [3.8, 4) is 0 Å². The third-order valence-electron chi connectivity index (χ3n) is 10.5. The number of carbonyl (C=O) groups is 2. The lowest BCUT2D eigenvalue weighted by molar-refractivity contribution is -0.168. The van der Waals surface area contributed by atoms with E-state index in [0.717, 1.165) is 44.9 Å². The molecule has 1 saturated heterocycles. The lowest BCUT2D eigenvalue weighted by Gasteiger charge is -2.60. The zero-order chi connectivity index (χ0) is 21.4. The molecule has 168 valence electrons. The first-order valence-electron chi connectivity index (χ1n) is 12.1. The van der Waals surface area contributed by atoms with Crippen molar-refractivity contribution in [1.29, 1.82) is 0 Å². The molecule has 0 N–H and O–H groups in total. The van der Waals surface area contributed by atoms with Crippen LogP contribution in [-0.4, -0.2) is 37.2 Å². The molecule has 11 atom stereocenters. The molecule has 5 fully saturated rings. The zero-order valence-electron chi connectivity index (χ0n) is 18.9. The fourth-order valence-corrected chi connectivity index (χ4v) is 8.87. The predicted octanol–water partition coefficient (Wildman–Crippen LogP) is 4.74. The largest absolute Gasteiger partial charge is 0.469 e. The Kier molecular flexibility index (Phi) is 4.89. The molecule has 30 heavy (non-hydrogen) atoms. The Labute approximate surface area is 179 Å². The van der Waals surface area contributed by atoms with Gasteiger partial charge in [0.05, 0.1) is 19.3 Å². The predicted molar refractivity (Wildman–Crippen MR) is 110 cm³/mol. The van der Waals surface area contributed by atoms with Gasteiger partial charge in [-0.3, -0.25) is 9.59 Å². The highest BCUT2D eigenvalue weighted by molar-refractivity contribution is 5.88. The number of fused-ring (bicyclic) bond motifs is 6. The van der Waals surface area contributed by atoms with Crippen LogP contribution in [0, 0.1) is 46.3 Å². The van der Waals surface area contributed by atoms with Gasteiger partial charge < -0.3 is 9.47 Å². The van der Waals surface area contributed by atoms with Crippen molar-refractivity contribution in [2.45, 2.75) is 90.5 Å². The van der Waals surface area contributed by atoms with E-state index in [1.165, 1.54) is 7.11 Å². The highest BCUT2D eigenvalue weighted by atomic mass is 19.1. The number of rotatable bonds is 4. The fourth-order valence-electron chi connectivity index (χ4n) is 8.87. The molecule has 4 aliphatic carbocycles. The molecule has 0 aromatic rings. The average molecular weight is 421 g/mol. The van der Waals surface area contributed by atoms with E-state index in [2.05, 4.69) is 20.8 Å². The Hall–Kier alpha value is -0.970. The van der Waals surface area contributed by atoms with Crippen molar-refractivity contribution in [2.75, 3.05) is 7.11 Å². The van der Waals surface area contributed by atoms with Gasteiger partial charge in [0, 0.05) is 18.3 Å². The van der Waals surface area contributed by atoms with Crippen LogP contribution in [0.4, 0.5) is 4.39 Å². The molecule has 5 aliphatic rings. The summed E-state index contributed by atoms with van der Waals surface area (Å²) < 4.78 is 26.4. The van der Waals surface area contributed by atoms with Gasteiger partial charge in [0.1, 0.15) is 0 Å². The minimum Gasteiger partial charge on any atom is -0.469 e. The zero-order valence-corrected chi connectivity index (χ0v) is 18.9. The average Bonchev–Trinajstić information content (AvgIpc) is 3.37. The maximum atomic E-state index is 15.8. The van der Waals surface area contributed by atoms with Crippen LogP contribution < -0.4 is 0 Å². The summed E-state index contributed by atoms with van der Waals surface area (Å²) in [5, 5.41) is 0. The summed E-state index contributed by atoms with van der Waals surface area (Å²) in [6, 6.07) is 0. The normalized spacial score (nSPS) is 52.5. The minimum absolute atomic E-state index is 0.0673. The van der Waals surface area contributed by atoms with Crippen LogP contribution in [0.2, 0.25) is 0 Å². The Bertz CT molecular complexity index is 739. The molecule has 5 heteroatoms. The van der Waals surface area contributed by atoms with Gasteiger partial charge in [-0.1, -0.05) is 20.8 Å². The van der Waals surface area contributed by atoms with E-state index in [1.807, 2.05) is 0 Å². The monoisotopic (exact) mass is 420 g/mol. The molecule has 0 amide bonds. The third-order valence-corrected chi connectivity index (χ3v) is 10.5. The molecule has 0 spiro atoms. The van der Waals surface area contributed by atoms with Crippen molar-refractivity contribution in [3.05, 3.63) is 0 Å². The topological polar surface area (TPSA) is 55.9 Å². The fraction of sp³-hybridized carbons (Fsp3) is 0.920. The maximum Gasteiger partial charge on any atom is 0.305 e. The van der Waals surface area contributed by atoms with Crippen LogP contribution in [0.1, 0.15) is 72.1 Å². The van der Waals surface area contributed by atoms with Gasteiger partial charge in [-0.05, 0) is 79.4 Å². The van der Waals surface area contributed by atoms with Gasteiger partial charge in [0.15, 0.2) is 12.0 Å². The molecule has 1 heterocycles. The number of esters is 1. The van der Waals surface area contributed by atoms with E-state index in [0.29, 0.717) is 30.3 Å². The van der Waals surface area contributed by atoms with Gasteiger partial charge >= 0.3 is 5.97 Å². The summed E-state index contributed by atoms with van der Waals surface area (Å²) in [5.41, 5.74) is -0.0320. The second kappa shape index (κ2) is 7.02. The van der Waals surface area contributed by atoms with E-state index in [9.17, 15) is 9.59 Å². The van der Waals surface area contributed by atoms with E-state index in [-0.39, 0.29) is 46.4 Å². The molecule has 0 aromatic heterocycles. The molecular formula is C25H37FO4. The molecular weight excluding hydrogens is 383 g/mol. The highest BCUT2D eigenvalue weighted by Crippen LogP contribution is 2.69. The van der Waals surface area contributed by atoms with Gasteiger partial charge in [-0.25, -0.2) is 4.39 Å². The third kappa shape index (κ3) is 2.86. The Morgan fingerprint density at radius 1 is 1.20 bits per heavy atom. The van der Waals surface area contributed by atoms with Crippen LogP contribution in [0.15, 0.2) is 0 Å². The smallest absolute Gasteiger partial charge is 0.305 e.